The molecule has 0 radical (unpaired) electrons. The van der Waals surface area contributed by atoms with Crippen LogP contribution in [0.3, 0.4) is 0 Å². The van der Waals surface area contributed by atoms with Crippen molar-refractivity contribution in [1.29, 1.82) is 5.26 Å². The molecule has 0 unspecified atom stereocenters. The van der Waals surface area contributed by atoms with Crippen LogP contribution < -0.4 is 0 Å². The Kier molecular flexibility index (Phi) is 11.3. The molecule has 1 aliphatic carbocycles. The first-order valence-corrected chi connectivity index (χ1v) is 23.1. The molecule has 5 aromatic carbocycles. The van der Waals surface area contributed by atoms with Gasteiger partial charge in [-0.25, -0.2) is 0 Å². The maximum absolute atomic E-state index is 10.0. The molecule has 0 N–H and O–H groups in total. The van der Waals surface area contributed by atoms with E-state index in [2.05, 4.69) is 64.1 Å². The molecule has 0 atom stereocenters. The van der Waals surface area contributed by atoms with Crippen molar-refractivity contribution in [1.82, 2.24) is 15.0 Å². The molecule has 4 heterocycles. The Morgan fingerprint density at radius 3 is 1.88 bits per heavy atom. The number of rotatable bonds is 13. The summed E-state index contributed by atoms with van der Waals surface area (Å²) in [5.41, 5.74) is 7.84. The van der Waals surface area contributed by atoms with Gasteiger partial charge in [-0.05, 0) is 123 Å². The fraction of sp³-hybridized carbons (Fsp3) is 0.258. The van der Waals surface area contributed by atoms with E-state index in [1.165, 1.54) is 12.3 Å². The summed E-state index contributed by atoms with van der Waals surface area (Å²) in [6, 6.07) is 47.4. The van der Waals surface area contributed by atoms with Gasteiger partial charge in [0.1, 0.15) is 5.58 Å². The van der Waals surface area contributed by atoms with Crippen LogP contribution >= 0.6 is 0 Å². The van der Waals surface area contributed by atoms with Gasteiger partial charge in [0, 0.05) is 30.8 Å². The Balaban J connectivity index is 0.00000689. The number of furan rings is 1. The number of benzene rings is 5. The normalized spacial score (nSPS) is 15.7. The molecule has 9 aromatic rings. The second kappa shape index (κ2) is 20.0. The molecule has 1 fully saturated rings. The predicted molar refractivity (Wildman–Crippen MR) is 271 cm³/mol. The van der Waals surface area contributed by atoms with E-state index in [1.807, 2.05) is 79.1 Å². The average Bonchev–Trinajstić information content (AvgIpc) is 3.79. The molecule has 1 aliphatic rings. The number of aromatic nitrogens is 3. The van der Waals surface area contributed by atoms with E-state index in [9.17, 15) is 12.1 Å². The Morgan fingerprint density at radius 1 is 0.691 bits per heavy atom. The molecule has 10 rings (SSSR count). The van der Waals surface area contributed by atoms with E-state index in [0.29, 0.717) is 58.9 Å². The van der Waals surface area contributed by atoms with Crippen LogP contribution in [0, 0.1) is 29.5 Å². The predicted octanol–water partition coefficient (Wildman–Crippen LogP) is 14.9. The summed E-state index contributed by atoms with van der Waals surface area (Å²) >= 11 is 0. The van der Waals surface area contributed by atoms with Gasteiger partial charge in [-0.1, -0.05) is 113 Å². The van der Waals surface area contributed by atoms with Gasteiger partial charge in [0.25, 0.3) is 0 Å². The van der Waals surface area contributed by atoms with Gasteiger partial charge in [0.05, 0.1) is 20.0 Å². The van der Waals surface area contributed by atoms with Crippen LogP contribution in [-0.4, -0.2) is 15.0 Å². The van der Waals surface area contributed by atoms with Crippen LogP contribution in [0.15, 0.2) is 150 Å². The third-order valence-corrected chi connectivity index (χ3v) is 13.1. The van der Waals surface area contributed by atoms with Gasteiger partial charge in [-0.15, -0.1) is 90.0 Å². The van der Waals surface area contributed by atoms with Crippen molar-refractivity contribution in [3.63, 3.8) is 0 Å². The second-order valence-electron chi connectivity index (χ2n) is 18.9. The van der Waals surface area contributed by atoms with Crippen molar-refractivity contribution in [2.24, 2.45) is 0 Å². The first-order chi connectivity index (χ1) is 35.3. The molecule has 4 aromatic heterocycles. The molecule has 68 heavy (non-hydrogen) atoms. The average molecular weight is 1070 g/mol. The standard InChI is InChI=1S/C62H55N4O.Ir/c1-61(2,50-26-29-56(65-40-50)47-17-10-6-11-18-47)36-44-31-42(32-45(33-44)37-62(3,4)51-27-30-57(66-41-51)48-19-12-7-13-20-48)23-25-49-39-64-58(35-55(49)46-15-8-5-9-16-46)54-22-14-21-53-52-28-24-43(38-63)34-59(52)67-60(53)54;/h6-7,10-14,17,19,21,24,26-35,39-41,46H,5,8-9,15-16,23,25,36-37H2,1-4H3;/q-3;+3/i23D2,24D,25D2,34D,46D;. The maximum atomic E-state index is 10.0. The van der Waals surface area contributed by atoms with Crippen molar-refractivity contribution in [2.45, 2.75) is 102 Å². The van der Waals surface area contributed by atoms with E-state index in [0.717, 1.165) is 64.0 Å². The number of fused-ring (bicyclic) bond motifs is 3. The molecule has 0 aliphatic heterocycles. The number of nitrogens with zero attached hydrogens (tertiary/aromatic N) is 4. The summed E-state index contributed by atoms with van der Waals surface area (Å²) in [6.07, 6.45) is 4.19. The molecule has 1 saturated carbocycles. The van der Waals surface area contributed by atoms with Crippen LogP contribution in [-0.2, 0) is 56.5 Å². The number of nitriles is 1. The van der Waals surface area contributed by atoms with Gasteiger partial charge in [0.15, 0.2) is 0 Å². The second-order valence-corrected chi connectivity index (χ2v) is 18.9. The van der Waals surface area contributed by atoms with Crippen LogP contribution in [0.25, 0.3) is 55.7 Å². The Bertz CT molecular complexity index is 3470. The third-order valence-electron chi connectivity index (χ3n) is 13.1. The monoisotopic (exact) mass is 1070 g/mol. The van der Waals surface area contributed by atoms with Crippen molar-refractivity contribution in [2.75, 3.05) is 0 Å². The molecule has 0 bridgehead atoms. The summed E-state index contributed by atoms with van der Waals surface area (Å²) < 4.78 is 73.5. The topological polar surface area (TPSA) is 75.6 Å². The first kappa shape index (κ1) is 38.5. The fourth-order valence-corrected chi connectivity index (χ4v) is 9.51. The van der Waals surface area contributed by atoms with E-state index in [4.69, 9.17) is 22.1 Å². The van der Waals surface area contributed by atoms with Gasteiger partial charge in [0.2, 0.25) is 0 Å². The third kappa shape index (κ3) is 10.0. The Hall–Kier alpha value is -6.51. The van der Waals surface area contributed by atoms with Gasteiger partial charge >= 0.3 is 20.1 Å². The zero-order valence-electron chi connectivity index (χ0n) is 45.7. The molecule has 0 amide bonds. The molecule has 338 valence electrons. The minimum Gasteiger partial charge on any atom is -0.501 e. The van der Waals surface area contributed by atoms with Crippen LogP contribution in [0.4, 0.5) is 0 Å². The van der Waals surface area contributed by atoms with Gasteiger partial charge in [-0.2, -0.15) is 5.26 Å². The smallest absolute Gasteiger partial charge is 0.501 e. The SMILES string of the molecule is [2H]c1cc2c(oc3c(-c4cc(C5([2H])CCCCC5)c(C([2H])([2H])C([2H])([2H])c5cc(CC(C)(C)c6ccc(-c7[c-]cccc7)nc6)cc(CC(C)(C)c6ccc(-c7[c-]cccc7)nc6)c5)cn4)[c-]ccc32)c([2H])c1C#N.[Ir+3]. The zero-order valence-corrected chi connectivity index (χ0v) is 41.1. The number of pyridine rings is 3. The van der Waals surface area contributed by atoms with Crippen LogP contribution in [0.5, 0.6) is 0 Å². The number of aryl methyl sites for hydroxylation is 2. The summed E-state index contributed by atoms with van der Waals surface area (Å²) in [5, 5.41) is 10.8. The molecule has 6 heteroatoms. The molecular formula is C62H55IrN4O. The van der Waals surface area contributed by atoms with E-state index < -0.39 is 29.5 Å². The van der Waals surface area contributed by atoms with Crippen LogP contribution in [0.2, 0.25) is 0 Å². The van der Waals surface area contributed by atoms with Crippen molar-refractivity contribution < 1.29 is 34.1 Å². The van der Waals surface area contributed by atoms with Crippen molar-refractivity contribution >= 4 is 21.9 Å². The van der Waals surface area contributed by atoms with E-state index in [-0.39, 0.29) is 54.5 Å². The molecular weight excluding hydrogens is 1010 g/mol. The summed E-state index contributed by atoms with van der Waals surface area (Å²) in [7, 11) is 0. The summed E-state index contributed by atoms with van der Waals surface area (Å²) in [6.45, 7) is 8.57. The van der Waals surface area contributed by atoms with Crippen molar-refractivity contribution in [3.05, 3.63) is 209 Å². The van der Waals surface area contributed by atoms with E-state index in [1.54, 1.807) is 30.3 Å². The van der Waals surface area contributed by atoms with Gasteiger partial charge in [-0.3, -0.25) is 0 Å². The minimum absolute atomic E-state index is 0. The summed E-state index contributed by atoms with van der Waals surface area (Å²) in [4.78, 5) is 14.5. The van der Waals surface area contributed by atoms with E-state index >= 15 is 0 Å². The molecule has 0 saturated heterocycles. The van der Waals surface area contributed by atoms with Crippen molar-refractivity contribution in [3.8, 4) is 39.8 Å². The minimum atomic E-state index is -2.70. The quantitative estimate of drug-likeness (QED) is 0.108. The summed E-state index contributed by atoms with van der Waals surface area (Å²) in [5.74, 6) is -1.25. The fourth-order valence-electron chi connectivity index (χ4n) is 9.51. The number of hydrogen-bond donors (Lipinski definition) is 0. The van der Waals surface area contributed by atoms with Gasteiger partial charge < -0.3 is 19.4 Å². The largest absolute Gasteiger partial charge is 3.00 e. The first-order valence-electron chi connectivity index (χ1n) is 26.6. The van der Waals surface area contributed by atoms with Crippen LogP contribution in [0.1, 0.15) is 120 Å². The zero-order chi connectivity index (χ0) is 52.2. The Morgan fingerprint density at radius 2 is 1.31 bits per heavy atom. The molecule has 5 nitrogen and oxygen atoms in total. The number of hydrogen-bond acceptors (Lipinski definition) is 5. The Labute approximate surface area is 424 Å². The molecule has 0 spiro atoms. The maximum Gasteiger partial charge on any atom is 3.00 e.